The van der Waals surface area contributed by atoms with Crippen molar-refractivity contribution in [1.82, 2.24) is 10.2 Å². The van der Waals surface area contributed by atoms with Crippen LogP contribution in [0.1, 0.15) is 6.42 Å². The molecule has 18 heavy (non-hydrogen) atoms. The van der Waals surface area contributed by atoms with Gasteiger partial charge in [-0.25, -0.2) is 4.99 Å². The van der Waals surface area contributed by atoms with E-state index in [4.69, 9.17) is 0 Å². The number of nitrogens with zero attached hydrogens (tertiary/aromatic N) is 2. The molecule has 0 saturated carbocycles. The van der Waals surface area contributed by atoms with Gasteiger partial charge >= 0.3 is 0 Å². The zero-order valence-electron chi connectivity index (χ0n) is 10.5. The van der Waals surface area contributed by atoms with Crippen molar-refractivity contribution >= 4 is 26.3 Å². The van der Waals surface area contributed by atoms with Crippen LogP contribution in [0, 0.1) is 0 Å². The number of rotatable bonds is 5. The fraction of sp³-hybridized carbons (Fsp3) is 0.231. The molecule has 0 amide bonds. The van der Waals surface area contributed by atoms with Crippen LogP contribution < -0.4 is 5.32 Å². The molecule has 0 fully saturated rings. The number of nitrogens with one attached hydrogen (secondary N) is 1. The van der Waals surface area contributed by atoms with Gasteiger partial charge in [0.1, 0.15) is 4.62 Å². The van der Waals surface area contributed by atoms with E-state index in [0.717, 1.165) is 11.3 Å². The monoisotopic (exact) mass is 309 g/mol. The number of hydrogen-bond acceptors (Lipinski definition) is 4. The fourth-order valence-electron chi connectivity index (χ4n) is 1.24. The summed E-state index contributed by atoms with van der Waals surface area (Å²) >= 11 is 3.23. The maximum Gasteiger partial charge on any atom is 0.185 e. The number of halogens is 1. The second-order valence-electron chi connectivity index (χ2n) is 3.94. The Hall–Kier alpha value is -1.62. The third-order valence-corrected chi connectivity index (χ3v) is 2.69. The van der Waals surface area contributed by atoms with Crippen molar-refractivity contribution in [3.05, 3.63) is 48.6 Å². The largest absolute Gasteiger partial charge is 0.383 e. The standard InChI is InChI=1S/C13H16BrN3O/c1-4-13(14)16-9-11-7-10(8-15-11)12(18)5-6-17(2)3/h4-6,8-9,15H,1,7H2,2-3H3/b6-5+,11-9+,16-13+. The van der Waals surface area contributed by atoms with E-state index >= 15 is 0 Å². The zero-order valence-corrected chi connectivity index (χ0v) is 12.1. The third-order valence-electron chi connectivity index (χ3n) is 2.17. The van der Waals surface area contributed by atoms with Crippen LogP contribution in [-0.2, 0) is 4.79 Å². The highest BCUT2D eigenvalue weighted by Crippen LogP contribution is 2.17. The average molecular weight is 310 g/mol. The van der Waals surface area contributed by atoms with Crippen molar-refractivity contribution in [1.29, 1.82) is 0 Å². The molecule has 0 radical (unpaired) electrons. The Morgan fingerprint density at radius 2 is 2.33 bits per heavy atom. The van der Waals surface area contributed by atoms with Crippen molar-refractivity contribution < 1.29 is 4.79 Å². The quantitative estimate of drug-likeness (QED) is 0.626. The Balaban J connectivity index is 2.60. The molecule has 0 aromatic carbocycles. The minimum atomic E-state index is 0.00589. The first kappa shape index (κ1) is 14.4. The second kappa shape index (κ2) is 6.96. The van der Waals surface area contributed by atoms with Crippen LogP contribution in [0.25, 0.3) is 0 Å². The van der Waals surface area contributed by atoms with E-state index in [1.54, 1.807) is 30.8 Å². The molecule has 1 N–H and O–H groups in total. The summed E-state index contributed by atoms with van der Waals surface area (Å²) in [7, 11) is 3.75. The first-order valence-corrected chi connectivity index (χ1v) is 6.21. The Kier molecular flexibility index (Phi) is 5.58. The van der Waals surface area contributed by atoms with Crippen molar-refractivity contribution in [2.24, 2.45) is 4.99 Å². The number of carbonyl (C=O) groups is 1. The van der Waals surface area contributed by atoms with E-state index in [2.05, 4.69) is 32.8 Å². The first-order valence-electron chi connectivity index (χ1n) is 5.42. The van der Waals surface area contributed by atoms with E-state index in [-0.39, 0.29) is 5.78 Å². The highest BCUT2D eigenvalue weighted by molar-refractivity contribution is 9.18. The van der Waals surface area contributed by atoms with E-state index in [1.165, 1.54) is 0 Å². The molecule has 1 heterocycles. The highest BCUT2D eigenvalue weighted by atomic mass is 79.9. The molecule has 0 unspecified atom stereocenters. The van der Waals surface area contributed by atoms with Crippen molar-refractivity contribution in [3.8, 4) is 0 Å². The van der Waals surface area contributed by atoms with Crippen LogP contribution in [0.15, 0.2) is 53.6 Å². The summed E-state index contributed by atoms with van der Waals surface area (Å²) in [5.74, 6) is 0.00589. The topological polar surface area (TPSA) is 44.7 Å². The molecule has 0 spiro atoms. The van der Waals surface area contributed by atoms with Crippen LogP contribution in [0.5, 0.6) is 0 Å². The fourth-order valence-corrected chi connectivity index (χ4v) is 1.35. The van der Waals surface area contributed by atoms with Crippen molar-refractivity contribution in [3.63, 3.8) is 0 Å². The summed E-state index contributed by atoms with van der Waals surface area (Å²) in [6.45, 7) is 3.58. The SMILES string of the molecule is C=C/C(Br)=N\C=C1/CC(C(=O)/C=C/N(C)C)=CN1. The van der Waals surface area contributed by atoms with Crippen LogP contribution >= 0.6 is 15.9 Å². The molecule has 4 nitrogen and oxygen atoms in total. The van der Waals surface area contributed by atoms with Crippen LogP contribution in [0.3, 0.4) is 0 Å². The number of aliphatic imine (C=N–C) groups is 1. The molecule has 96 valence electrons. The molecule has 0 aromatic heterocycles. The summed E-state index contributed by atoms with van der Waals surface area (Å²) in [5, 5.41) is 3.02. The molecule has 1 aliphatic heterocycles. The molecular formula is C13H16BrN3O. The smallest absolute Gasteiger partial charge is 0.185 e. The second-order valence-corrected chi connectivity index (χ2v) is 4.76. The minimum absolute atomic E-state index is 0.00589. The lowest BCUT2D eigenvalue weighted by molar-refractivity contribution is -0.111. The molecule has 0 aromatic rings. The van der Waals surface area contributed by atoms with Gasteiger partial charge in [0.05, 0.1) is 0 Å². The summed E-state index contributed by atoms with van der Waals surface area (Å²) in [5.41, 5.74) is 1.61. The number of carbonyl (C=O) groups excluding carboxylic acids is 1. The van der Waals surface area contributed by atoms with Gasteiger partial charge in [0, 0.05) is 56.5 Å². The van der Waals surface area contributed by atoms with E-state index < -0.39 is 0 Å². The maximum absolute atomic E-state index is 11.8. The Morgan fingerprint density at radius 3 is 2.94 bits per heavy atom. The predicted octanol–water partition coefficient (Wildman–Crippen LogP) is 2.33. The minimum Gasteiger partial charge on any atom is -0.383 e. The number of hydrogen-bond donors (Lipinski definition) is 1. The van der Waals surface area contributed by atoms with Gasteiger partial charge in [-0.1, -0.05) is 6.58 Å². The van der Waals surface area contributed by atoms with Gasteiger partial charge in [-0.2, -0.15) is 0 Å². The summed E-state index contributed by atoms with van der Waals surface area (Å²) in [6.07, 6.45) is 8.85. The lowest BCUT2D eigenvalue weighted by Crippen LogP contribution is -2.03. The predicted molar refractivity (Wildman–Crippen MR) is 78.3 cm³/mol. The molecule has 0 bridgehead atoms. The normalized spacial score (nSPS) is 17.8. The van der Waals surface area contributed by atoms with Crippen LogP contribution in [0.4, 0.5) is 0 Å². The van der Waals surface area contributed by atoms with E-state index in [9.17, 15) is 4.79 Å². The number of allylic oxidation sites excluding steroid dienone is 3. The maximum atomic E-state index is 11.8. The van der Waals surface area contributed by atoms with Gasteiger partial charge in [0.25, 0.3) is 0 Å². The van der Waals surface area contributed by atoms with Crippen molar-refractivity contribution in [2.75, 3.05) is 14.1 Å². The molecular weight excluding hydrogens is 294 g/mol. The van der Waals surface area contributed by atoms with Gasteiger partial charge in [-0.05, 0) is 22.0 Å². The van der Waals surface area contributed by atoms with Crippen LogP contribution in [0.2, 0.25) is 0 Å². The average Bonchev–Trinajstić information content (AvgIpc) is 2.81. The Bertz CT molecular complexity index is 459. The molecule has 1 aliphatic rings. The van der Waals surface area contributed by atoms with E-state index in [0.29, 0.717) is 11.0 Å². The first-order chi connectivity index (χ1) is 8.52. The molecule has 5 heteroatoms. The molecule has 0 aliphatic carbocycles. The van der Waals surface area contributed by atoms with Crippen molar-refractivity contribution in [2.45, 2.75) is 6.42 Å². The van der Waals surface area contributed by atoms with Gasteiger partial charge < -0.3 is 10.2 Å². The van der Waals surface area contributed by atoms with Gasteiger partial charge in [0.2, 0.25) is 0 Å². The zero-order chi connectivity index (χ0) is 13.5. The molecule has 0 atom stereocenters. The molecule has 0 saturated heterocycles. The third kappa shape index (κ3) is 4.71. The number of ketones is 1. The summed E-state index contributed by atoms with van der Waals surface area (Å²) < 4.78 is 0.657. The van der Waals surface area contributed by atoms with Gasteiger partial charge in [-0.3, -0.25) is 4.79 Å². The van der Waals surface area contributed by atoms with Crippen LogP contribution in [-0.4, -0.2) is 29.4 Å². The summed E-state index contributed by atoms with van der Waals surface area (Å²) in [4.78, 5) is 17.7. The van der Waals surface area contributed by atoms with Gasteiger partial charge in [0.15, 0.2) is 5.78 Å². The van der Waals surface area contributed by atoms with Gasteiger partial charge in [-0.15, -0.1) is 0 Å². The lowest BCUT2D eigenvalue weighted by atomic mass is 10.1. The van der Waals surface area contributed by atoms with E-state index in [1.807, 2.05) is 19.0 Å². The molecule has 1 rings (SSSR count). The summed E-state index contributed by atoms with van der Waals surface area (Å²) in [6, 6.07) is 0. The lowest BCUT2D eigenvalue weighted by Gasteiger charge is -2.02. The Morgan fingerprint density at radius 1 is 1.61 bits per heavy atom. The highest BCUT2D eigenvalue weighted by Gasteiger charge is 2.14. The Labute approximate surface area is 116 Å².